The molecule has 0 heterocycles. The lowest BCUT2D eigenvalue weighted by Gasteiger charge is -2.07. The van der Waals surface area contributed by atoms with Gasteiger partial charge in [-0.15, -0.1) is 0 Å². The highest BCUT2D eigenvalue weighted by Crippen LogP contribution is 2.11. The number of hydrogen-bond acceptors (Lipinski definition) is 6. The Labute approximate surface area is 165 Å². The van der Waals surface area contributed by atoms with Crippen molar-refractivity contribution in [3.8, 4) is 0 Å². The van der Waals surface area contributed by atoms with E-state index < -0.39 is 20.0 Å². The molecule has 0 unspecified atom stereocenters. The predicted octanol–water partition coefficient (Wildman–Crippen LogP) is 2.31. The van der Waals surface area contributed by atoms with E-state index in [0.29, 0.717) is 0 Å². The van der Waals surface area contributed by atoms with Crippen LogP contribution in [0.15, 0.2) is 68.5 Å². The highest BCUT2D eigenvalue weighted by Gasteiger charge is 2.14. The number of sulfonamides is 2. The van der Waals surface area contributed by atoms with Gasteiger partial charge in [-0.25, -0.2) is 0 Å². The minimum atomic E-state index is -3.83. The van der Waals surface area contributed by atoms with Crippen molar-refractivity contribution >= 4 is 31.5 Å². The molecule has 2 N–H and O–H groups in total. The zero-order chi connectivity index (χ0) is 20.9. The van der Waals surface area contributed by atoms with Crippen LogP contribution in [0.3, 0.4) is 0 Å². The monoisotopic (exact) mass is 422 g/mol. The lowest BCUT2D eigenvalue weighted by atomic mass is 10.2. The van der Waals surface area contributed by atoms with Crippen molar-refractivity contribution < 1.29 is 16.8 Å². The first-order chi connectivity index (χ1) is 13.0. The Bertz CT molecular complexity index is 1010. The SMILES string of the molecule is CC(=NNS(=O)(=O)c1ccc(C)cc1)/C(C)=N\NS(=O)(=O)c1ccc(C)cc1. The Morgan fingerprint density at radius 1 is 0.643 bits per heavy atom. The van der Waals surface area contributed by atoms with E-state index in [1.807, 2.05) is 13.8 Å². The first-order valence-electron chi connectivity index (χ1n) is 8.27. The molecule has 0 spiro atoms. The molecule has 0 aliphatic carbocycles. The minimum Gasteiger partial charge on any atom is -0.200 e. The molecule has 28 heavy (non-hydrogen) atoms. The van der Waals surface area contributed by atoms with Crippen LogP contribution in [0.2, 0.25) is 0 Å². The number of aryl methyl sites for hydroxylation is 2. The van der Waals surface area contributed by atoms with Crippen LogP contribution in [-0.4, -0.2) is 28.3 Å². The van der Waals surface area contributed by atoms with Crippen molar-refractivity contribution in [3.63, 3.8) is 0 Å². The van der Waals surface area contributed by atoms with Gasteiger partial charge in [0, 0.05) is 0 Å². The van der Waals surface area contributed by atoms with Gasteiger partial charge in [-0.3, -0.25) is 0 Å². The molecule has 0 atom stereocenters. The molecule has 2 aromatic rings. The molecule has 8 nitrogen and oxygen atoms in total. The second-order valence-electron chi connectivity index (χ2n) is 6.21. The van der Waals surface area contributed by atoms with Crippen molar-refractivity contribution in [2.24, 2.45) is 10.2 Å². The standard InChI is InChI=1S/C18H22N4O4S2/c1-13-5-9-17(10-6-13)27(23,24)21-19-15(3)16(4)20-22-28(25,26)18-11-7-14(2)8-12-18/h5-12,21-22H,1-4H3/b19-15-,20-16?. The van der Waals surface area contributed by atoms with Crippen LogP contribution in [0.4, 0.5) is 0 Å². The summed E-state index contributed by atoms with van der Waals surface area (Å²) in [7, 11) is -7.65. The summed E-state index contributed by atoms with van der Waals surface area (Å²) in [5, 5.41) is 7.59. The maximum Gasteiger partial charge on any atom is 0.276 e. The van der Waals surface area contributed by atoms with Gasteiger partial charge in [-0.2, -0.15) is 36.7 Å². The van der Waals surface area contributed by atoms with Gasteiger partial charge in [0.15, 0.2) is 0 Å². The van der Waals surface area contributed by atoms with E-state index in [4.69, 9.17) is 0 Å². The van der Waals surface area contributed by atoms with E-state index in [1.165, 1.54) is 38.1 Å². The Hall–Kier alpha value is -2.72. The lowest BCUT2D eigenvalue weighted by molar-refractivity contribution is 0.582. The average Bonchev–Trinajstić information content (AvgIpc) is 2.65. The zero-order valence-electron chi connectivity index (χ0n) is 16.0. The fourth-order valence-electron chi connectivity index (χ4n) is 1.96. The Kier molecular flexibility index (Phi) is 6.57. The van der Waals surface area contributed by atoms with E-state index in [-0.39, 0.29) is 21.2 Å². The van der Waals surface area contributed by atoms with E-state index >= 15 is 0 Å². The molecule has 0 amide bonds. The summed E-state index contributed by atoms with van der Waals surface area (Å²) >= 11 is 0. The van der Waals surface area contributed by atoms with Crippen LogP contribution in [0.5, 0.6) is 0 Å². The fraction of sp³-hybridized carbons (Fsp3) is 0.222. The van der Waals surface area contributed by atoms with Crippen LogP contribution in [0.25, 0.3) is 0 Å². The van der Waals surface area contributed by atoms with E-state index in [9.17, 15) is 16.8 Å². The number of nitrogens with zero attached hydrogens (tertiary/aromatic N) is 2. The second kappa shape index (κ2) is 8.53. The molecule has 0 aromatic heterocycles. The molecule has 0 bridgehead atoms. The average molecular weight is 423 g/mol. The van der Waals surface area contributed by atoms with Gasteiger partial charge in [-0.05, 0) is 52.0 Å². The van der Waals surface area contributed by atoms with Gasteiger partial charge in [0.1, 0.15) is 0 Å². The van der Waals surface area contributed by atoms with Crippen molar-refractivity contribution in [1.29, 1.82) is 0 Å². The van der Waals surface area contributed by atoms with Gasteiger partial charge >= 0.3 is 0 Å². The topological polar surface area (TPSA) is 117 Å². The molecular weight excluding hydrogens is 400 g/mol. The number of nitrogens with one attached hydrogen (secondary N) is 2. The van der Waals surface area contributed by atoms with Gasteiger partial charge in [0.25, 0.3) is 20.0 Å². The Balaban J connectivity index is 2.11. The largest absolute Gasteiger partial charge is 0.276 e. The highest BCUT2D eigenvalue weighted by molar-refractivity contribution is 7.89. The van der Waals surface area contributed by atoms with Crippen molar-refractivity contribution in [3.05, 3.63) is 59.7 Å². The number of rotatable bonds is 7. The van der Waals surface area contributed by atoms with E-state index in [2.05, 4.69) is 19.9 Å². The first kappa shape index (κ1) is 21.6. The quantitative estimate of drug-likeness (QED) is 0.526. The van der Waals surface area contributed by atoms with Crippen LogP contribution >= 0.6 is 0 Å². The van der Waals surface area contributed by atoms with Crippen molar-refractivity contribution in [2.75, 3.05) is 0 Å². The molecule has 0 fully saturated rings. The molecule has 0 saturated carbocycles. The summed E-state index contributed by atoms with van der Waals surface area (Å²) in [6.45, 7) is 6.72. The number of hydrogen-bond donors (Lipinski definition) is 2. The van der Waals surface area contributed by atoms with Gasteiger partial charge in [0.2, 0.25) is 0 Å². The molecule has 0 aliphatic rings. The second-order valence-corrected chi connectivity index (χ2v) is 9.53. The predicted molar refractivity (Wildman–Crippen MR) is 109 cm³/mol. The zero-order valence-corrected chi connectivity index (χ0v) is 17.6. The Morgan fingerprint density at radius 3 is 1.21 bits per heavy atom. The van der Waals surface area contributed by atoms with Crippen LogP contribution in [-0.2, 0) is 20.0 Å². The third-order valence-electron chi connectivity index (χ3n) is 3.85. The molecule has 0 aliphatic heterocycles. The summed E-state index contributed by atoms with van der Waals surface area (Å²) in [5.74, 6) is 0. The summed E-state index contributed by atoms with van der Waals surface area (Å²) in [6.07, 6.45) is 0. The lowest BCUT2D eigenvalue weighted by Crippen LogP contribution is -2.24. The molecule has 2 aromatic carbocycles. The summed E-state index contributed by atoms with van der Waals surface area (Å²) in [6, 6.07) is 12.6. The number of benzene rings is 2. The smallest absolute Gasteiger partial charge is 0.200 e. The summed E-state index contributed by atoms with van der Waals surface area (Å²) in [5.41, 5.74) is 2.29. The summed E-state index contributed by atoms with van der Waals surface area (Å²) < 4.78 is 48.9. The van der Waals surface area contributed by atoms with Crippen molar-refractivity contribution in [2.45, 2.75) is 37.5 Å². The molecule has 10 heteroatoms. The highest BCUT2D eigenvalue weighted by atomic mass is 32.2. The van der Waals surface area contributed by atoms with Crippen LogP contribution < -0.4 is 9.66 Å². The first-order valence-corrected chi connectivity index (χ1v) is 11.2. The molecule has 0 radical (unpaired) electrons. The molecule has 2 rings (SSSR count). The minimum absolute atomic E-state index is 0.0734. The normalized spacial score (nSPS) is 13.3. The maximum atomic E-state index is 12.2. The van der Waals surface area contributed by atoms with Gasteiger partial charge in [-0.1, -0.05) is 35.4 Å². The molecule has 0 saturated heterocycles. The fourth-order valence-corrected chi connectivity index (χ4v) is 3.67. The van der Waals surface area contributed by atoms with Gasteiger partial charge < -0.3 is 0 Å². The third-order valence-corrected chi connectivity index (χ3v) is 6.30. The molecule has 150 valence electrons. The van der Waals surface area contributed by atoms with Gasteiger partial charge in [0.05, 0.1) is 21.2 Å². The summed E-state index contributed by atoms with van der Waals surface area (Å²) in [4.78, 5) is 4.37. The Morgan fingerprint density at radius 2 is 0.929 bits per heavy atom. The number of hydrazone groups is 2. The maximum absolute atomic E-state index is 12.2. The van der Waals surface area contributed by atoms with E-state index in [1.54, 1.807) is 24.3 Å². The third kappa shape index (κ3) is 5.64. The van der Waals surface area contributed by atoms with E-state index in [0.717, 1.165) is 11.1 Å². The van der Waals surface area contributed by atoms with Crippen LogP contribution in [0.1, 0.15) is 25.0 Å². The van der Waals surface area contributed by atoms with Crippen molar-refractivity contribution in [1.82, 2.24) is 9.66 Å². The molecular formula is C18H22N4O4S2. The van der Waals surface area contributed by atoms with Crippen LogP contribution in [0, 0.1) is 13.8 Å².